The Morgan fingerprint density at radius 2 is 2.17 bits per heavy atom. The van der Waals surface area contributed by atoms with Gasteiger partial charge in [-0.1, -0.05) is 5.16 Å². The second-order valence-electron chi connectivity index (χ2n) is 6.76. The highest BCUT2D eigenvalue weighted by Crippen LogP contribution is 2.38. The molecular weight excluding hydrogens is 346 g/mol. The van der Waals surface area contributed by atoms with Crippen molar-refractivity contribution in [3.05, 3.63) is 28.7 Å². The van der Waals surface area contributed by atoms with E-state index in [1.807, 2.05) is 13.0 Å². The van der Waals surface area contributed by atoms with Crippen molar-refractivity contribution in [2.24, 2.45) is 5.92 Å². The number of nitrogens with zero attached hydrogens (tertiary/aromatic N) is 3. The number of aromatic nitrogens is 2. The number of hydrogen-bond acceptors (Lipinski definition) is 6. The van der Waals surface area contributed by atoms with Gasteiger partial charge in [-0.15, -0.1) is 11.3 Å². The van der Waals surface area contributed by atoms with Crippen molar-refractivity contribution >= 4 is 21.4 Å². The Labute approximate surface area is 145 Å². The van der Waals surface area contributed by atoms with Gasteiger partial charge in [0.2, 0.25) is 5.89 Å². The Kier molecular flexibility index (Phi) is 4.22. The first-order chi connectivity index (χ1) is 11.5. The first kappa shape index (κ1) is 16.2. The van der Waals surface area contributed by atoms with Crippen LogP contribution in [0.1, 0.15) is 48.2 Å². The molecule has 0 amide bonds. The zero-order valence-electron chi connectivity index (χ0n) is 13.6. The maximum absolute atomic E-state index is 12.8. The summed E-state index contributed by atoms with van der Waals surface area (Å²) in [5.74, 6) is 2.18. The fraction of sp³-hybridized carbons (Fsp3) is 0.625. The van der Waals surface area contributed by atoms with E-state index in [-0.39, 0.29) is 5.92 Å². The Morgan fingerprint density at radius 1 is 1.33 bits per heavy atom. The van der Waals surface area contributed by atoms with Gasteiger partial charge in [-0.2, -0.15) is 9.29 Å². The van der Waals surface area contributed by atoms with Crippen molar-refractivity contribution in [1.29, 1.82) is 0 Å². The fourth-order valence-corrected chi connectivity index (χ4v) is 6.19. The third-order valence-corrected chi connectivity index (χ3v) is 8.01. The Bertz CT molecular complexity index is 823. The summed E-state index contributed by atoms with van der Waals surface area (Å²) in [7, 11) is -3.38. The molecule has 6 nitrogen and oxygen atoms in total. The molecular formula is C16H21N3O3S2. The van der Waals surface area contributed by atoms with Gasteiger partial charge in [-0.25, -0.2) is 8.42 Å². The van der Waals surface area contributed by atoms with E-state index in [1.54, 1.807) is 10.4 Å². The summed E-state index contributed by atoms with van der Waals surface area (Å²) in [6, 6.07) is 3.57. The van der Waals surface area contributed by atoms with Crippen LogP contribution >= 0.6 is 11.3 Å². The average molecular weight is 367 g/mol. The van der Waals surface area contributed by atoms with Gasteiger partial charge in [-0.3, -0.25) is 0 Å². The molecule has 2 aromatic heterocycles. The molecule has 0 radical (unpaired) electrons. The summed E-state index contributed by atoms with van der Waals surface area (Å²) in [5.41, 5.74) is 0. The zero-order valence-corrected chi connectivity index (χ0v) is 15.3. The molecule has 24 heavy (non-hydrogen) atoms. The molecule has 0 aromatic carbocycles. The molecule has 1 aliphatic heterocycles. The number of sulfonamides is 1. The first-order valence-corrected chi connectivity index (χ1v) is 10.7. The maximum atomic E-state index is 12.8. The van der Waals surface area contributed by atoms with E-state index >= 15 is 0 Å². The third kappa shape index (κ3) is 3.27. The van der Waals surface area contributed by atoms with Gasteiger partial charge in [0.15, 0.2) is 5.82 Å². The van der Waals surface area contributed by atoms with Gasteiger partial charge in [0.1, 0.15) is 4.21 Å². The lowest BCUT2D eigenvalue weighted by molar-refractivity contribution is 0.247. The minimum atomic E-state index is -3.38. The summed E-state index contributed by atoms with van der Waals surface area (Å²) in [6.07, 6.45) is 4.83. The SMILES string of the molecule is Cc1ccc(S(=O)(=O)N2CCCC(Cc3nc(C4CC4)no3)C2)s1. The molecule has 4 rings (SSSR count). The molecule has 2 aromatic rings. The Hall–Kier alpha value is -1.25. The second-order valence-corrected chi connectivity index (χ2v) is 10.2. The summed E-state index contributed by atoms with van der Waals surface area (Å²) in [6.45, 7) is 3.04. The Morgan fingerprint density at radius 3 is 2.88 bits per heavy atom. The second kappa shape index (κ2) is 6.24. The standard InChI is InChI=1S/C16H21N3O3S2/c1-11-4-7-15(23-11)24(20,21)19-8-2-3-12(10-19)9-14-17-16(18-22-14)13-5-6-13/h4,7,12-13H,2-3,5-6,8-10H2,1H3. The highest BCUT2D eigenvalue weighted by Gasteiger charge is 2.33. The van der Waals surface area contributed by atoms with Crippen molar-refractivity contribution in [1.82, 2.24) is 14.4 Å². The lowest BCUT2D eigenvalue weighted by atomic mass is 9.96. The van der Waals surface area contributed by atoms with Crippen molar-refractivity contribution in [3.8, 4) is 0 Å². The summed E-state index contributed by atoms with van der Waals surface area (Å²) < 4.78 is 33.0. The highest BCUT2D eigenvalue weighted by atomic mass is 32.2. The van der Waals surface area contributed by atoms with Gasteiger partial charge in [-0.05, 0) is 50.7 Å². The van der Waals surface area contributed by atoms with Crippen molar-refractivity contribution in [3.63, 3.8) is 0 Å². The van der Waals surface area contributed by atoms with Gasteiger partial charge in [0, 0.05) is 30.3 Å². The fourth-order valence-electron chi connectivity index (χ4n) is 3.20. The van der Waals surface area contributed by atoms with Crippen LogP contribution in [0.15, 0.2) is 20.9 Å². The van der Waals surface area contributed by atoms with Gasteiger partial charge >= 0.3 is 0 Å². The van der Waals surface area contributed by atoms with E-state index in [4.69, 9.17) is 4.52 Å². The Balaban J connectivity index is 1.44. The van der Waals surface area contributed by atoms with Gasteiger partial charge in [0.05, 0.1) is 0 Å². The van der Waals surface area contributed by atoms with E-state index in [0.717, 1.165) is 36.4 Å². The van der Waals surface area contributed by atoms with E-state index in [9.17, 15) is 8.42 Å². The number of aryl methyl sites for hydroxylation is 1. The summed E-state index contributed by atoms with van der Waals surface area (Å²) >= 11 is 1.34. The van der Waals surface area contributed by atoms with Crippen LogP contribution in [0.3, 0.4) is 0 Å². The highest BCUT2D eigenvalue weighted by molar-refractivity contribution is 7.91. The van der Waals surface area contributed by atoms with Crippen molar-refractivity contribution in [2.45, 2.75) is 49.2 Å². The first-order valence-electron chi connectivity index (χ1n) is 8.41. The molecule has 3 heterocycles. The largest absolute Gasteiger partial charge is 0.339 e. The molecule has 130 valence electrons. The van der Waals surface area contributed by atoms with Crippen LogP contribution in [-0.4, -0.2) is 36.0 Å². The molecule has 0 N–H and O–H groups in total. The number of rotatable bonds is 5. The number of thiophene rings is 1. The number of piperidine rings is 1. The summed E-state index contributed by atoms with van der Waals surface area (Å²) in [4.78, 5) is 5.49. The molecule has 2 fully saturated rings. The molecule has 1 unspecified atom stereocenters. The average Bonchev–Trinajstić information content (AvgIpc) is 3.15. The smallest absolute Gasteiger partial charge is 0.252 e. The van der Waals surface area contributed by atoms with Crippen molar-refractivity contribution < 1.29 is 12.9 Å². The van der Waals surface area contributed by atoms with E-state index in [2.05, 4.69) is 10.1 Å². The molecule has 1 aliphatic carbocycles. The van der Waals surface area contributed by atoms with Crippen LogP contribution in [0.4, 0.5) is 0 Å². The minimum absolute atomic E-state index is 0.238. The van der Waals surface area contributed by atoms with Crippen LogP contribution in [0.25, 0.3) is 0 Å². The van der Waals surface area contributed by atoms with E-state index < -0.39 is 10.0 Å². The predicted octanol–water partition coefficient (Wildman–Crippen LogP) is 2.96. The van der Waals surface area contributed by atoms with Crippen LogP contribution in [-0.2, 0) is 16.4 Å². The van der Waals surface area contributed by atoms with Crippen molar-refractivity contribution in [2.75, 3.05) is 13.1 Å². The monoisotopic (exact) mass is 367 g/mol. The van der Waals surface area contributed by atoms with Crippen LogP contribution < -0.4 is 0 Å². The maximum Gasteiger partial charge on any atom is 0.252 e. The quantitative estimate of drug-likeness (QED) is 0.812. The van der Waals surface area contributed by atoms with Crippen LogP contribution in [0.2, 0.25) is 0 Å². The molecule has 2 aliphatic rings. The number of hydrogen-bond donors (Lipinski definition) is 0. The molecule has 0 spiro atoms. The minimum Gasteiger partial charge on any atom is -0.339 e. The van der Waals surface area contributed by atoms with Gasteiger partial charge in [0.25, 0.3) is 10.0 Å². The lowest BCUT2D eigenvalue weighted by Crippen LogP contribution is -2.40. The van der Waals surface area contributed by atoms with Crippen LogP contribution in [0, 0.1) is 12.8 Å². The molecule has 8 heteroatoms. The summed E-state index contributed by atoms with van der Waals surface area (Å²) in [5, 5.41) is 4.05. The van der Waals surface area contributed by atoms with Gasteiger partial charge < -0.3 is 4.52 Å². The molecule has 1 saturated heterocycles. The zero-order chi connectivity index (χ0) is 16.7. The predicted molar refractivity (Wildman–Crippen MR) is 90.5 cm³/mol. The normalized spacial score (nSPS) is 22.8. The molecule has 1 atom stereocenters. The lowest BCUT2D eigenvalue weighted by Gasteiger charge is -2.30. The third-order valence-electron chi connectivity index (χ3n) is 4.68. The molecule has 1 saturated carbocycles. The molecule has 0 bridgehead atoms. The van der Waals surface area contributed by atoms with E-state index in [1.165, 1.54) is 11.3 Å². The van der Waals surface area contributed by atoms with Crippen LogP contribution in [0.5, 0.6) is 0 Å². The topological polar surface area (TPSA) is 76.3 Å². The van der Waals surface area contributed by atoms with E-state index in [0.29, 0.717) is 35.5 Å².